The summed E-state index contributed by atoms with van der Waals surface area (Å²) >= 11 is 0. The maximum atomic E-state index is 12.3. The van der Waals surface area contributed by atoms with E-state index in [2.05, 4.69) is 10.6 Å². The van der Waals surface area contributed by atoms with E-state index in [0.29, 0.717) is 18.9 Å². The molecule has 2 aliphatic rings. The number of carbonyl (C=O) groups is 1. The van der Waals surface area contributed by atoms with Gasteiger partial charge in [-0.15, -0.1) is 0 Å². The van der Waals surface area contributed by atoms with E-state index in [0.717, 1.165) is 24.4 Å². The van der Waals surface area contributed by atoms with Crippen molar-refractivity contribution in [3.63, 3.8) is 0 Å². The molecule has 2 N–H and O–H groups in total. The highest BCUT2D eigenvalue weighted by Gasteiger charge is 2.33. The summed E-state index contributed by atoms with van der Waals surface area (Å²) in [5.74, 6) is 1.47. The first kappa shape index (κ1) is 15.3. The third-order valence-corrected chi connectivity index (χ3v) is 4.30. The minimum atomic E-state index is -0.00975. The molecule has 1 amide bonds. The van der Waals surface area contributed by atoms with Gasteiger partial charge in [-0.2, -0.15) is 0 Å². The van der Waals surface area contributed by atoms with Crippen LogP contribution in [0.2, 0.25) is 0 Å². The molecule has 1 aliphatic heterocycles. The molecule has 0 aromatic heterocycles. The molecule has 1 aromatic rings. The third kappa shape index (κ3) is 3.99. The Balaban J connectivity index is 1.59. The van der Waals surface area contributed by atoms with E-state index in [1.165, 1.54) is 12.8 Å². The van der Waals surface area contributed by atoms with E-state index in [1.807, 2.05) is 24.3 Å². The highest BCUT2D eigenvalue weighted by molar-refractivity contribution is 5.77. The first-order valence-corrected chi connectivity index (χ1v) is 8.02. The molecule has 22 heavy (non-hydrogen) atoms. The van der Waals surface area contributed by atoms with E-state index in [1.54, 1.807) is 7.11 Å². The van der Waals surface area contributed by atoms with Gasteiger partial charge in [0.2, 0.25) is 5.91 Å². The number of amides is 1. The minimum Gasteiger partial charge on any atom is -0.497 e. The number of methoxy groups -OCH3 is 1. The van der Waals surface area contributed by atoms with E-state index in [-0.39, 0.29) is 18.1 Å². The Labute approximate surface area is 131 Å². The zero-order valence-electron chi connectivity index (χ0n) is 13.0. The number of rotatable bonds is 6. The number of hydrogen-bond acceptors (Lipinski definition) is 4. The molecule has 0 spiro atoms. The lowest BCUT2D eigenvalue weighted by atomic mass is 10.0. The van der Waals surface area contributed by atoms with E-state index < -0.39 is 0 Å². The van der Waals surface area contributed by atoms with E-state index >= 15 is 0 Å². The molecule has 5 nitrogen and oxygen atoms in total. The van der Waals surface area contributed by atoms with Crippen LogP contribution in [0.25, 0.3) is 0 Å². The molecule has 1 saturated carbocycles. The normalized spacial score (nSPS) is 22.9. The lowest BCUT2D eigenvalue weighted by Gasteiger charge is -2.25. The van der Waals surface area contributed by atoms with Crippen molar-refractivity contribution in [2.24, 2.45) is 5.92 Å². The lowest BCUT2D eigenvalue weighted by Crippen LogP contribution is -2.42. The quantitative estimate of drug-likeness (QED) is 0.839. The summed E-state index contributed by atoms with van der Waals surface area (Å²) in [6.45, 7) is 2.31. The van der Waals surface area contributed by atoms with Gasteiger partial charge in [-0.3, -0.25) is 4.79 Å². The second-order valence-corrected chi connectivity index (χ2v) is 6.06. The van der Waals surface area contributed by atoms with Crippen LogP contribution in [0.5, 0.6) is 5.75 Å². The van der Waals surface area contributed by atoms with Crippen LogP contribution < -0.4 is 15.4 Å². The van der Waals surface area contributed by atoms with Crippen LogP contribution in [0.1, 0.15) is 30.9 Å². The predicted molar refractivity (Wildman–Crippen MR) is 83.8 cm³/mol. The maximum Gasteiger partial charge on any atom is 0.223 e. The lowest BCUT2D eigenvalue weighted by molar-refractivity contribution is -0.125. The second-order valence-electron chi connectivity index (χ2n) is 6.06. The number of morpholine rings is 1. The molecule has 0 bridgehead atoms. The van der Waals surface area contributed by atoms with Crippen LogP contribution in [0.4, 0.5) is 0 Å². The Kier molecular flexibility index (Phi) is 4.95. The third-order valence-electron chi connectivity index (χ3n) is 4.30. The van der Waals surface area contributed by atoms with Gasteiger partial charge in [0.15, 0.2) is 0 Å². The Morgan fingerprint density at radius 2 is 2.18 bits per heavy atom. The van der Waals surface area contributed by atoms with Crippen LogP contribution >= 0.6 is 0 Å². The van der Waals surface area contributed by atoms with Gasteiger partial charge in [-0.25, -0.2) is 0 Å². The predicted octanol–water partition coefficient (Wildman–Crippen LogP) is 1.64. The molecule has 1 heterocycles. The monoisotopic (exact) mass is 304 g/mol. The fourth-order valence-corrected chi connectivity index (χ4v) is 2.90. The zero-order chi connectivity index (χ0) is 15.4. The van der Waals surface area contributed by atoms with Crippen molar-refractivity contribution in [2.45, 2.75) is 31.4 Å². The van der Waals surface area contributed by atoms with Gasteiger partial charge in [0.25, 0.3) is 0 Å². The Bertz CT molecular complexity index is 493. The van der Waals surface area contributed by atoms with Crippen LogP contribution in [0, 0.1) is 5.92 Å². The van der Waals surface area contributed by atoms with Crippen molar-refractivity contribution in [3.8, 4) is 5.75 Å². The molecule has 0 radical (unpaired) electrons. The topological polar surface area (TPSA) is 59.6 Å². The van der Waals surface area contributed by atoms with Crippen molar-refractivity contribution < 1.29 is 14.3 Å². The number of hydrogen-bond donors (Lipinski definition) is 2. The SMILES string of the molecule is COc1ccc(C(NC(=O)CC2CNCCO2)C2CC2)cc1. The molecule has 2 fully saturated rings. The summed E-state index contributed by atoms with van der Waals surface area (Å²) < 4.78 is 10.8. The molecular formula is C17H24N2O3. The first-order chi connectivity index (χ1) is 10.8. The summed E-state index contributed by atoms with van der Waals surface area (Å²) in [6.07, 6.45) is 2.77. The summed E-state index contributed by atoms with van der Waals surface area (Å²) in [5.41, 5.74) is 1.15. The van der Waals surface area contributed by atoms with E-state index in [4.69, 9.17) is 9.47 Å². The molecule has 5 heteroatoms. The molecule has 120 valence electrons. The highest BCUT2D eigenvalue weighted by Crippen LogP contribution is 2.41. The number of nitrogens with one attached hydrogen (secondary N) is 2. The van der Waals surface area contributed by atoms with Crippen LogP contribution in [0.15, 0.2) is 24.3 Å². The van der Waals surface area contributed by atoms with Gasteiger partial charge in [-0.1, -0.05) is 12.1 Å². The molecular weight excluding hydrogens is 280 g/mol. The van der Waals surface area contributed by atoms with Crippen LogP contribution in [0.3, 0.4) is 0 Å². The maximum absolute atomic E-state index is 12.3. The van der Waals surface area contributed by atoms with E-state index in [9.17, 15) is 4.79 Å². The molecule has 2 unspecified atom stereocenters. The number of carbonyl (C=O) groups excluding carboxylic acids is 1. The summed E-state index contributed by atoms with van der Waals surface area (Å²) in [4.78, 5) is 12.3. The Hall–Kier alpha value is -1.59. The fraction of sp³-hybridized carbons (Fsp3) is 0.588. The molecule has 1 aromatic carbocycles. The average molecular weight is 304 g/mol. The van der Waals surface area contributed by atoms with Crippen molar-refractivity contribution in [3.05, 3.63) is 29.8 Å². The Morgan fingerprint density at radius 1 is 1.41 bits per heavy atom. The van der Waals surface area contributed by atoms with Gasteiger partial charge in [0.05, 0.1) is 32.3 Å². The largest absolute Gasteiger partial charge is 0.497 e. The molecule has 3 rings (SSSR count). The van der Waals surface area contributed by atoms with Crippen molar-refractivity contribution >= 4 is 5.91 Å². The number of ether oxygens (including phenoxy) is 2. The summed E-state index contributed by atoms with van der Waals surface area (Å²) in [6, 6.07) is 8.09. The van der Waals surface area contributed by atoms with Crippen molar-refractivity contribution in [1.82, 2.24) is 10.6 Å². The zero-order valence-corrected chi connectivity index (χ0v) is 13.0. The first-order valence-electron chi connectivity index (χ1n) is 8.02. The average Bonchev–Trinajstić information content (AvgIpc) is 3.38. The van der Waals surface area contributed by atoms with Gasteiger partial charge < -0.3 is 20.1 Å². The molecule has 1 aliphatic carbocycles. The Morgan fingerprint density at radius 3 is 2.77 bits per heavy atom. The summed E-state index contributed by atoms with van der Waals surface area (Å²) in [7, 11) is 1.66. The van der Waals surface area contributed by atoms with Gasteiger partial charge in [-0.05, 0) is 36.5 Å². The molecule has 1 saturated heterocycles. The fourth-order valence-electron chi connectivity index (χ4n) is 2.90. The smallest absolute Gasteiger partial charge is 0.223 e. The number of benzene rings is 1. The van der Waals surface area contributed by atoms with Gasteiger partial charge in [0.1, 0.15) is 5.75 Å². The van der Waals surface area contributed by atoms with Gasteiger partial charge >= 0.3 is 0 Å². The van der Waals surface area contributed by atoms with Crippen LogP contribution in [-0.2, 0) is 9.53 Å². The second kappa shape index (κ2) is 7.11. The van der Waals surface area contributed by atoms with Crippen LogP contribution in [-0.4, -0.2) is 38.8 Å². The summed E-state index contributed by atoms with van der Waals surface area (Å²) in [5, 5.41) is 6.45. The van der Waals surface area contributed by atoms with Crippen molar-refractivity contribution in [2.75, 3.05) is 26.8 Å². The van der Waals surface area contributed by atoms with Gasteiger partial charge in [0, 0.05) is 13.1 Å². The highest BCUT2D eigenvalue weighted by atomic mass is 16.5. The van der Waals surface area contributed by atoms with Crippen molar-refractivity contribution in [1.29, 1.82) is 0 Å². The molecule has 2 atom stereocenters. The standard InChI is InChI=1S/C17H24N2O3/c1-21-14-6-4-13(5-7-14)17(12-2-3-12)19-16(20)10-15-11-18-8-9-22-15/h4-7,12,15,17-18H,2-3,8-11H2,1H3,(H,19,20). The minimum absolute atomic E-state index is 0.00975.